The number of likely N-dealkylation sites (tertiary alicyclic amines) is 1. The van der Waals surface area contributed by atoms with Crippen molar-refractivity contribution in [2.75, 3.05) is 39.4 Å². The lowest BCUT2D eigenvalue weighted by molar-refractivity contribution is -0.138. The first kappa shape index (κ1) is 19.3. The number of benzene rings is 1. The second-order valence-corrected chi connectivity index (χ2v) is 8.34. The molecule has 5 rings (SSSR count). The van der Waals surface area contributed by atoms with Crippen molar-refractivity contribution in [1.29, 1.82) is 0 Å². The average molecular weight is 405 g/mol. The van der Waals surface area contributed by atoms with Gasteiger partial charge in [0.25, 0.3) is 0 Å². The van der Waals surface area contributed by atoms with Gasteiger partial charge in [0, 0.05) is 44.0 Å². The molecule has 0 spiro atoms. The van der Waals surface area contributed by atoms with Crippen LogP contribution in [0.5, 0.6) is 0 Å². The Hall–Kier alpha value is -2.70. The average Bonchev–Trinajstić information content (AvgIpc) is 3.06. The van der Waals surface area contributed by atoms with Crippen molar-refractivity contribution in [2.45, 2.75) is 18.3 Å². The number of hydrogen-bond donors (Lipinski definition) is 1. The lowest BCUT2D eigenvalue weighted by Crippen LogP contribution is -2.49. The van der Waals surface area contributed by atoms with Crippen LogP contribution in [0.25, 0.3) is 5.65 Å². The molecule has 1 N–H and O–H groups in total. The molecule has 2 aliphatic rings. The summed E-state index contributed by atoms with van der Waals surface area (Å²) in [6.45, 7) is 4.17. The first-order valence-corrected chi connectivity index (χ1v) is 10.8. The molecule has 0 aliphatic carbocycles. The molecule has 2 aliphatic heterocycles. The molecule has 6 heteroatoms. The molecule has 0 bridgehead atoms. The quantitative estimate of drug-likeness (QED) is 0.729. The SMILES string of the molecule is O=C(C1CNCCOC1)N1CCC(c2ccccc2)(c2cn3ccccc3n2)CC1. The van der Waals surface area contributed by atoms with Gasteiger partial charge in [0.1, 0.15) is 5.65 Å². The van der Waals surface area contributed by atoms with Crippen molar-refractivity contribution >= 4 is 11.6 Å². The Kier molecular flexibility index (Phi) is 5.27. The minimum atomic E-state index is -0.178. The number of hydrogen-bond acceptors (Lipinski definition) is 4. The topological polar surface area (TPSA) is 58.9 Å². The number of piperidine rings is 1. The number of ether oxygens (including phenoxy) is 1. The molecule has 2 aromatic heterocycles. The van der Waals surface area contributed by atoms with Crippen LogP contribution in [-0.4, -0.2) is 59.6 Å². The van der Waals surface area contributed by atoms with E-state index in [4.69, 9.17) is 9.72 Å². The van der Waals surface area contributed by atoms with Crippen molar-refractivity contribution in [3.63, 3.8) is 0 Å². The summed E-state index contributed by atoms with van der Waals surface area (Å²) >= 11 is 0. The van der Waals surface area contributed by atoms with Gasteiger partial charge in [0.2, 0.25) is 5.91 Å². The number of amides is 1. The highest BCUT2D eigenvalue weighted by molar-refractivity contribution is 5.79. The zero-order valence-corrected chi connectivity index (χ0v) is 17.2. The number of pyridine rings is 1. The maximum atomic E-state index is 13.1. The van der Waals surface area contributed by atoms with Crippen LogP contribution in [0.1, 0.15) is 24.1 Å². The lowest BCUT2D eigenvalue weighted by Gasteiger charge is -2.42. The van der Waals surface area contributed by atoms with E-state index in [1.165, 1.54) is 5.56 Å². The fourth-order valence-electron chi connectivity index (χ4n) is 4.85. The highest BCUT2D eigenvalue weighted by Crippen LogP contribution is 2.41. The molecule has 2 fully saturated rings. The Balaban J connectivity index is 1.43. The second-order valence-electron chi connectivity index (χ2n) is 8.34. The smallest absolute Gasteiger partial charge is 0.229 e. The summed E-state index contributed by atoms with van der Waals surface area (Å²) in [7, 11) is 0. The Morgan fingerprint density at radius 1 is 1.10 bits per heavy atom. The van der Waals surface area contributed by atoms with Crippen LogP contribution in [0.4, 0.5) is 0 Å². The molecule has 1 atom stereocenters. The number of nitrogens with one attached hydrogen (secondary N) is 1. The predicted octanol–water partition coefficient (Wildman–Crippen LogP) is 2.48. The van der Waals surface area contributed by atoms with Gasteiger partial charge in [-0.25, -0.2) is 4.98 Å². The fourth-order valence-corrected chi connectivity index (χ4v) is 4.85. The molecule has 3 aromatic rings. The zero-order chi connectivity index (χ0) is 20.4. The lowest BCUT2D eigenvalue weighted by atomic mass is 9.70. The number of aromatic nitrogens is 2. The van der Waals surface area contributed by atoms with E-state index in [9.17, 15) is 4.79 Å². The van der Waals surface area contributed by atoms with Crippen LogP contribution in [0.3, 0.4) is 0 Å². The van der Waals surface area contributed by atoms with E-state index in [1.54, 1.807) is 0 Å². The highest BCUT2D eigenvalue weighted by Gasteiger charge is 2.41. The van der Waals surface area contributed by atoms with Gasteiger partial charge in [-0.1, -0.05) is 36.4 Å². The van der Waals surface area contributed by atoms with Crippen LogP contribution < -0.4 is 5.32 Å². The van der Waals surface area contributed by atoms with Crippen molar-refractivity contribution in [2.24, 2.45) is 5.92 Å². The molecular formula is C24H28N4O2. The number of imidazole rings is 1. The number of carbonyl (C=O) groups excluding carboxylic acids is 1. The van der Waals surface area contributed by atoms with Crippen LogP contribution in [0, 0.1) is 5.92 Å². The van der Waals surface area contributed by atoms with E-state index in [0.29, 0.717) is 19.8 Å². The summed E-state index contributed by atoms with van der Waals surface area (Å²) in [5.74, 6) is 0.119. The Morgan fingerprint density at radius 2 is 1.90 bits per heavy atom. The summed E-state index contributed by atoms with van der Waals surface area (Å²) in [4.78, 5) is 20.1. The monoisotopic (exact) mass is 404 g/mol. The summed E-state index contributed by atoms with van der Waals surface area (Å²) in [5, 5.41) is 3.31. The van der Waals surface area contributed by atoms with Crippen LogP contribution in [0.2, 0.25) is 0 Å². The molecule has 1 unspecified atom stereocenters. The van der Waals surface area contributed by atoms with Crippen LogP contribution >= 0.6 is 0 Å². The minimum absolute atomic E-state index is 0.0908. The standard InChI is InChI=1S/C24H28N4O2/c29-23(19-16-25-11-15-30-18-19)27-13-9-24(10-14-27,20-6-2-1-3-7-20)21-17-28-12-5-4-8-22(28)26-21/h1-8,12,17,19,25H,9-11,13-16,18H2. The molecular weight excluding hydrogens is 376 g/mol. The van der Waals surface area contributed by atoms with Crippen LogP contribution in [-0.2, 0) is 14.9 Å². The second kappa shape index (κ2) is 8.20. The Morgan fingerprint density at radius 3 is 2.70 bits per heavy atom. The maximum absolute atomic E-state index is 13.1. The summed E-state index contributed by atoms with van der Waals surface area (Å²) < 4.78 is 7.70. The number of fused-ring (bicyclic) bond motifs is 1. The van der Waals surface area contributed by atoms with Gasteiger partial charge in [-0.05, 0) is 30.5 Å². The molecule has 2 saturated heterocycles. The Labute approximate surface area is 176 Å². The Bertz CT molecular complexity index is 967. The number of nitrogens with zero attached hydrogens (tertiary/aromatic N) is 3. The van der Waals surface area contributed by atoms with Gasteiger partial charge in [-0.15, -0.1) is 0 Å². The van der Waals surface area contributed by atoms with E-state index in [2.05, 4.69) is 46.2 Å². The molecule has 6 nitrogen and oxygen atoms in total. The third-order valence-corrected chi connectivity index (χ3v) is 6.59. The molecule has 1 amide bonds. The predicted molar refractivity (Wildman–Crippen MR) is 115 cm³/mol. The molecule has 0 saturated carbocycles. The number of rotatable bonds is 3. The third kappa shape index (κ3) is 3.50. The van der Waals surface area contributed by atoms with Gasteiger partial charge in [0.05, 0.1) is 24.8 Å². The first-order chi connectivity index (χ1) is 14.8. The summed E-state index contributed by atoms with van der Waals surface area (Å²) in [6, 6.07) is 16.7. The van der Waals surface area contributed by atoms with E-state index >= 15 is 0 Å². The van der Waals surface area contributed by atoms with E-state index in [-0.39, 0.29) is 17.2 Å². The van der Waals surface area contributed by atoms with Crippen molar-refractivity contribution in [3.05, 3.63) is 72.2 Å². The van der Waals surface area contributed by atoms with Crippen LogP contribution in [0.15, 0.2) is 60.9 Å². The first-order valence-electron chi connectivity index (χ1n) is 10.8. The molecule has 30 heavy (non-hydrogen) atoms. The van der Waals surface area contributed by atoms with Gasteiger partial charge >= 0.3 is 0 Å². The van der Waals surface area contributed by atoms with Crippen molar-refractivity contribution in [3.8, 4) is 0 Å². The van der Waals surface area contributed by atoms with E-state index in [1.807, 2.05) is 29.3 Å². The summed E-state index contributed by atoms with van der Waals surface area (Å²) in [6.07, 6.45) is 5.94. The third-order valence-electron chi connectivity index (χ3n) is 6.59. The summed E-state index contributed by atoms with van der Waals surface area (Å²) in [5.41, 5.74) is 3.15. The number of carbonyl (C=O) groups is 1. The minimum Gasteiger partial charge on any atom is -0.379 e. The highest BCUT2D eigenvalue weighted by atomic mass is 16.5. The van der Waals surface area contributed by atoms with Gasteiger partial charge in [-0.3, -0.25) is 4.79 Å². The molecule has 1 aromatic carbocycles. The van der Waals surface area contributed by atoms with Gasteiger partial charge in [0.15, 0.2) is 0 Å². The van der Waals surface area contributed by atoms with E-state index < -0.39 is 0 Å². The van der Waals surface area contributed by atoms with Gasteiger partial charge in [-0.2, -0.15) is 0 Å². The van der Waals surface area contributed by atoms with E-state index in [0.717, 1.165) is 43.8 Å². The normalized spacial score (nSPS) is 22.0. The fraction of sp³-hybridized carbons (Fsp3) is 0.417. The maximum Gasteiger partial charge on any atom is 0.229 e. The van der Waals surface area contributed by atoms with Gasteiger partial charge < -0.3 is 19.4 Å². The largest absolute Gasteiger partial charge is 0.379 e. The molecule has 156 valence electrons. The molecule has 0 radical (unpaired) electrons. The van der Waals surface area contributed by atoms with Crippen molar-refractivity contribution < 1.29 is 9.53 Å². The van der Waals surface area contributed by atoms with Crippen molar-refractivity contribution in [1.82, 2.24) is 19.6 Å². The zero-order valence-electron chi connectivity index (χ0n) is 17.2. The molecule has 4 heterocycles.